The van der Waals surface area contributed by atoms with E-state index < -0.39 is 0 Å². The first kappa shape index (κ1) is 14.5. The molecule has 0 aromatic heterocycles. The summed E-state index contributed by atoms with van der Waals surface area (Å²) in [5, 5.41) is 4.23. The summed E-state index contributed by atoms with van der Waals surface area (Å²) in [4.78, 5) is 2.43. The van der Waals surface area contributed by atoms with Gasteiger partial charge in [-0.1, -0.05) is 29.8 Å². The zero-order chi connectivity index (χ0) is 11.4. The van der Waals surface area contributed by atoms with Crippen LogP contribution in [0.1, 0.15) is 11.6 Å². The van der Waals surface area contributed by atoms with Crippen molar-refractivity contribution in [3.05, 3.63) is 47.5 Å². The summed E-state index contributed by atoms with van der Waals surface area (Å²) in [6.07, 6.45) is 1.96. The fraction of sp³-hybridized carbons (Fsp3) is 0.385. The van der Waals surface area contributed by atoms with Gasteiger partial charge in [0.2, 0.25) is 0 Å². The molecule has 17 heavy (non-hydrogen) atoms. The highest BCUT2D eigenvalue weighted by Crippen LogP contribution is 2.24. The van der Waals surface area contributed by atoms with Gasteiger partial charge in [-0.25, -0.2) is 0 Å². The van der Waals surface area contributed by atoms with Gasteiger partial charge >= 0.3 is 0 Å². The number of hydrogen-bond donors (Lipinski definition) is 1. The normalized spacial score (nSPS) is 20.6. The molecule has 2 nitrogen and oxygen atoms in total. The van der Waals surface area contributed by atoms with Crippen molar-refractivity contribution < 1.29 is 0 Å². The van der Waals surface area contributed by atoms with E-state index in [9.17, 15) is 0 Å². The van der Waals surface area contributed by atoms with Crippen molar-refractivity contribution in [1.82, 2.24) is 10.2 Å². The van der Waals surface area contributed by atoms with E-state index in [1.807, 2.05) is 18.2 Å². The molecule has 1 aliphatic heterocycles. The van der Waals surface area contributed by atoms with Crippen molar-refractivity contribution in [3.63, 3.8) is 0 Å². The van der Waals surface area contributed by atoms with Crippen LogP contribution < -0.4 is 5.32 Å². The molecule has 0 radical (unpaired) electrons. The molecule has 0 aliphatic carbocycles. The molecule has 2 rings (SSSR count). The second-order valence-corrected chi connectivity index (χ2v) is 4.49. The van der Waals surface area contributed by atoms with Crippen molar-refractivity contribution in [3.8, 4) is 0 Å². The summed E-state index contributed by atoms with van der Waals surface area (Å²) in [5.74, 6) is 0. The molecule has 1 aromatic rings. The van der Waals surface area contributed by atoms with Gasteiger partial charge in [0, 0.05) is 37.2 Å². The molecule has 1 aromatic carbocycles. The lowest BCUT2D eigenvalue weighted by Crippen LogP contribution is -2.45. The number of nitrogens with one attached hydrogen (secondary N) is 1. The maximum Gasteiger partial charge on any atom is 0.0477 e. The Kier molecular flexibility index (Phi) is 6.00. The third-order valence-electron chi connectivity index (χ3n) is 2.95. The second kappa shape index (κ2) is 7.02. The Bertz CT molecular complexity index is 368. The number of benzene rings is 1. The topological polar surface area (TPSA) is 15.3 Å². The number of hydrogen-bond acceptors (Lipinski definition) is 2. The molecule has 1 unspecified atom stereocenters. The Morgan fingerprint density at radius 2 is 2.35 bits per heavy atom. The van der Waals surface area contributed by atoms with Crippen molar-refractivity contribution in [1.29, 1.82) is 0 Å². The minimum atomic E-state index is 0. The zero-order valence-corrected chi connectivity index (χ0v) is 11.3. The van der Waals surface area contributed by atoms with Gasteiger partial charge in [-0.15, -0.1) is 19.0 Å². The predicted octanol–water partition coefficient (Wildman–Crippen LogP) is 2.89. The SMILES string of the molecule is C=CCN1CCNCC1c1cccc(Cl)c1.Cl. The fourth-order valence-electron chi connectivity index (χ4n) is 2.17. The summed E-state index contributed by atoms with van der Waals surface area (Å²) in [6, 6.07) is 8.53. The van der Waals surface area contributed by atoms with Crippen LogP contribution in [0, 0.1) is 0 Å². The molecule has 1 saturated heterocycles. The predicted molar refractivity (Wildman–Crippen MR) is 76.1 cm³/mol. The summed E-state index contributed by atoms with van der Waals surface area (Å²) in [5.41, 5.74) is 1.28. The van der Waals surface area contributed by atoms with Crippen LogP contribution in [0.3, 0.4) is 0 Å². The zero-order valence-electron chi connectivity index (χ0n) is 9.73. The molecule has 1 fully saturated rings. The molecule has 1 atom stereocenters. The van der Waals surface area contributed by atoms with Crippen LogP contribution in [0.25, 0.3) is 0 Å². The van der Waals surface area contributed by atoms with Gasteiger partial charge in [-0.3, -0.25) is 4.90 Å². The van der Waals surface area contributed by atoms with Gasteiger partial charge in [-0.05, 0) is 17.7 Å². The average molecular weight is 273 g/mol. The number of rotatable bonds is 3. The van der Waals surface area contributed by atoms with Crippen molar-refractivity contribution in [2.24, 2.45) is 0 Å². The highest BCUT2D eigenvalue weighted by Gasteiger charge is 2.22. The van der Waals surface area contributed by atoms with Crippen LogP contribution in [0.5, 0.6) is 0 Å². The Hall–Kier alpha value is -0.540. The number of piperazine rings is 1. The summed E-state index contributed by atoms with van der Waals surface area (Å²) < 4.78 is 0. The molecular formula is C13H18Cl2N2. The number of nitrogens with zero attached hydrogens (tertiary/aromatic N) is 1. The lowest BCUT2D eigenvalue weighted by molar-refractivity contribution is 0.180. The van der Waals surface area contributed by atoms with Crippen LogP contribution in [-0.4, -0.2) is 31.1 Å². The van der Waals surface area contributed by atoms with E-state index in [1.165, 1.54) is 5.56 Å². The summed E-state index contributed by atoms with van der Waals surface area (Å²) in [7, 11) is 0. The lowest BCUT2D eigenvalue weighted by atomic mass is 10.0. The van der Waals surface area contributed by atoms with E-state index in [4.69, 9.17) is 11.6 Å². The molecule has 0 saturated carbocycles. The monoisotopic (exact) mass is 272 g/mol. The average Bonchev–Trinajstić information content (AvgIpc) is 2.30. The standard InChI is InChI=1S/C13H17ClN2.ClH/c1-2-7-16-8-6-15-10-13(16)11-4-3-5-12(14)9-11;/h2-5,9,13,15H,1,6-8,10H2;1H. The molecule has 0 spiro atoms. The first-order valence-corrected chi connectivity index (χ1v) is 6.00. The van der Waals surface area contributed by atoms with Gasteiger partial charge in [0.25, 0.3) is 0 Å². The van der Waals surface area contributed by atoms with E-state index >= 15 is 0 Å². The van der Waals surface area contributed by atoms with Gasteiger partial charge in [-0.2, -0.15) is 0 Å². The van der Waals surface area contributed by atoms with Crippen LogP contribution >= 0.6 is 24.0 Å². The fourth-order valence-corrected chi connectivity index (χ4v) is 2.37. The van der Waals surface area contributed by atoms with Crippen LogP contribution in [0.15, 0.2) is 36.9 Å². The second-order valence-electron chi connectivity index (χ2n) is 4.06. The Labute approximate surface area is 114 Å². The van der Waals surface area contributed by atoms with E-state index in [0.29, 0.717) is 6.04 Å². The molecule has 94 valence electrons. The first-order valence-electron chi connectivity index (χ1n) is 5.62. The first-order chi connectivity index (χ1) is 7.81. The number of halogens is 2. The van der Waals surface area contributed by atoms with E-state index in [2.05, 4.69) is 28.9 Å². The van der Waals surface area contributed by atoms with E-state index in [-0.39, 0.29) is 12.4 Å². The molecule has 1 heterocycles. The third-order valence-corrected chi connectivity index (χ3v) is 3.19. The Balaban J connectivity index is 0.00000144. The van der Waals surface area contributed by atoms with E-state index in [0.717, 1.165) is 31.2 Å². The third kappa shape index (κ3) is 3.71. The van der Waals surface area contributed by atoms with E-state index in [1.54, 1.807) is 0 Å². The Morgan fingerprint density at radius 1 is 1.53 bits per heavy atom. The van der Waals surface area contributed by atoms with Crippen LogP contribution in [-0.2, 0) is 0 Å². The summed E-state index contributed by atoms with van der Waals surface area (Å²) >= 11 is 6.03. The maximum absolute atomic E-state index is 6.03. The highest BCUT2D eigenvalue weighted by atomic mass is 35.5. The Morgan fingerprint density at radius 3 is 3.06 bits per heavy atom. The maximum atomic E-state index is 6.03. The van der Waals surface area contributed by atoms with Crippen LogP contribution in [0.2, 0.25) is 5.02 Å². The molecule has 0 amide bonds. The highest BCUT2D eigenvalue weighted by molar-refractivity contribution is 6.30. The molecule has 1 N–H and O–H groups in total. The van der Waals surface area contributed by atoms with Crippen molar-refractivity contribution in [2.75, 3.05) is 26.2 Å². The van der Waals surface area contributed by atoms with Gasteiger partial charge < -0.3 is 5.32 Å². The van der Waals surface area contributed by atoms with Gasteiger partial charge in [0.1, 0.15) is 0 Å². The quantitative estimate of drug-likeness (QED) is 0.852. The van der Waals surface area contributed by atoms with Gasteiger partial charge in [0.15, 0.2) is 0 Å². The summed E-state index contributed by atoms with van der Waals surface area (Å²) in [6.45, 7) is 7.83. The van der Waals surface area contributed by atoms with Gasteiger partial charge in [0.05, 0.1) is 0 Å². The van der Waals surface area contributed by atoms with Crippen molar-refractivity contribution >= 4 is 24.0 Å². The molecule has 0 bridgehead atoms. The molecule has 1 aliphatic rings. The minimum Gasteiger partial charge on any atom is -0.314 e. The minimum absolute atomic E-state index is 0. The lowest BCUT2D eigenvalue weighted by Gasteiger charge is -2.35. The molecular weight excluding hydrogens is 255 g/mol. The smallest absolute Gasteiger partial charge is 0.0477 e. The van der Waals surface area contributed by atoms with Crippen molar-refractivity contribution in [2.45, 2.75) is 6.04 Å². The molecule has 4 heteroatoms. The largest absolute Gasteiger partial charge is 0.314 e. The van der Waals surface area contributed by atoms with Crippen LogP contribution in [0.4, 0.5) is 0 Å².